The van der Waals surface area contributed by atoms with Crippen molar-refractivity contribution in [3.8, 4) is 0 Å². The van der Waals surface area contributed by atoms with Crippen LogP contribution in [0.25, 0.3) is 0 Å². The second-order valence-corrected chi connectivity index (χ2v) is 6.87. The first kappa shape index (κ1) is 12.8. The van der Waals surface area contributed by atoms with Crippen LogP contribution in [0, 0.1) is 5.92 Å². The van der Waals surface area contributed by atoms with Gasteiger partial charge in [0, 0.05) is 30.1 Å². The Bertz CT molecular complexity index is 526. The third-order valence-electron chi connectivity index (χ3n) is 2.77. The molecule has 1 aliphatic heterocycles. The topological polar surface area (TPSA) is 83.6 Å². The van der Waals surface area contributed by atoms with Crippen LogP contribution in [0.3, 0.4) is 0 Å². The van der Waals surface area contributed by atoms with E-state index in [2.05, 4.69) is 15.9 Å². The second kappa shape index (κ2) is 4.56. The number of aliphatic hydroxyl groups excluding tert-OH is 1. The molecule has 2 rings (SSSR count). The first-order valence-electron chi connectivity index (χ1n) is 5.11. The molecule has 0 unspecified atom stereocenters. The normalized spacial score (nSPS) is 18.0. The minimum absolute atomic E-state index is 0.0157. The molecule has 0 saturated carbocycles. The van der Waals surface area contributed by atoms with Crippen molar-refractivity contribution < 1.29 is 13.5 Å². The third-order valence-corrected chi connectivity index (χ3v) is 5.17. The predicted octanol–water partition coefficient (Wildman–Crippen LogP) is 0.644. The molecule has 1 aliphatic rings. The summed E-state index contributed by atoms with van der Waals surface area (Å²) in [6.07, 6.45) is 0. The van der Waals surface area contributed by atoms with Crippen molar-refractivity contribution in [2.24, 2.45) is 5.92 Å². The molecule has 0 aromatic heterocycles. The van der Waals surface area contributed by atoms with Gasteiger partial charge in [-0.1, -0.05) is 15.9 Å². The summed E-state index contributed by atoms with van der Waals surface area (Å²) >= 11 is 3.23. The molecule has 5 nitrogen and oxygen atoms in total. The van der Waals surface area contributed by atoms with E-state index < -0.39 is 10.0 Å². The van der Waals surface area contributed by atoms with E-state index in [1.807, 2.05) is 0 Å². The van der Waals surface area contributed by atoms with Crippen LogP contribution in [0.2, 0.25) is 0 Å². The summed E-state index contributed by atoms with van der Waals surface area (Å²) in [7, 11) is -3.52. The van der Waals surface area contributed by atoms with Crippen molar-refractivity contribution in [2.75, 3.05) is 25.4 Å². The Hall–Kier alpha value is -0.630. The van der Waals surface area contributed by atoms with Crippen molar-refractivity contribution >= 4 is 31.6 Å². The van der Waals surface area contributed by atoms with Crippen molar-refractivity contribution in [2.45, 2.75) is 4.90 Å². The van der Waals surface area contributed by atoms with Gasteiger partial charge in [-0.2, -0.15) is 4.31 Å². The summed E-state index contributed by atoms with van der Waals surface area (Å²) in [5.74, 6) is 0.0430. The molecule has 1 heterocycles. The summed E-state index contributed by atoms with van der Waals surface area (Å²) in [5, 5.41) is 8.88. The van der Waals surface area contributed by atoms with Crippen LogP contribution in [-0.2, 0) is 10.0 Å². The Morgan fingerprint density at radius 1 is 1.47 bits per heavy atom. The van der Waals surface area contributed by atoms with Crippen LogP contribution in [0.4, 0.5) is 5.69 Å². The van der Waals surface area contributed by atoms with E-state index in [0.29, 0.717) is 13.1 Å². The van der Waals surface area contributed by atoms with E-state index in [-0.39, 0.29) is 23.1 Å². The van der Waals surface area contributed by atoms with Gasteiger partial charge in [0.15, 0.2) is 0 Å². The molecule has 0 radical (unpaired) electrons. The molecule has 1 aromatic carbocycles. The van der Waals surface area contributed by atoms with E-state index >= 15 is 0 Å². The highest BCUT2D eigenvalue weighted by atomic mass is 79.9. The number of benzene rings is 1. The van der Waals surface area contributed by atoms with E-state index in [9.17, 15) is 8.42 Å². The highest BCUT2D eigenvalue weighted by Gasteiger charge is 2.37. The van der Waals surface area contributed by atoms with Gasteiger partial charge in [0.1, 0.15) is 4.90 Å². The number of halogens is 1. The van der Waals surface area contributed by atoms with Crippen LogP contribution in [0.5, 0.6) is 0 Å². The minimum atomic E-state index is -3.52. The molecule has 94 valence electrons. The number of nitrogen functional groups attached to an aromatic ring is 1. The number of nitrogens with two attached hydrogens (primary N) is 1. The molecular formula is C10H13BrN2O3S. The van der Waals surface area contributed by atoms with Crippen LogP contribution in [0.15, 0.2) is 27.6 Å². The van der Waals surface area contributed by atoms with Crippen molar-refractivity contribution in [1.82, 2.24) is 4.31 Å². The summed E-state index contributed by atoms with van der Waals surface area (Å²) in [5.41, 5.74) is 5.93. The Morgan fingerprint density at radius 2 is 2.12 bits per heavy atom. The van der Waals surface area contributed by atoms with E-state index in [4.69, 9.17) is 10.8 Å². The molecule has 0 bridgehead atoms. The Labute approximate surface area is 108 Å². The van der Waals surface area contributed by atoms with Crippen molar-refractivity contribution in [3.05, 3.63) is 22.7 Å². The predicted molar refractivity (Wildman–Crippen MR) is 67.9 cm³/mol. The van der Waals surface area contributed by atoms with Crippen LogP contribution in [-0.4, -0.2) is 37.5 Å². The molecule has 1 fully saturated rings. The summed E-state index contributed by atoms with van der Waals surface area (Å²) in [6, 6.07) is 4.70. The largest absolute Gasteiger partial charge is 0.398 e. The molecule has 0 spiro atoms. The number of rotatable bonds is 3. The van der Waals surface area contributed by atoms with Crippen LogP contribution >= 0.6 is 15.9 Å². The molecule has 17 heavy (non-hydrogen) atoms. The molecule has 3 N–H and O–H groups in total. The van der Waals surface area contributed by atoms with Gasteiger partial charge in [-0.25, -0.2) is 8.42 Å². The maximum atomic E-state index is 12.2. The van der Waals surface area contributed by atoms with Crippen molar-refractivity contribution in [1.29, 1.82) is 0 Å². The Morgan fingerprint density at radius 3 is 2.65 bits per heavy atom. The van der Waals surface area contributed by atoms with Gasteiger partial charge in [-0.3, -0.25) is 0 Å². The Balaban J connectivity index is 2.27. The molecule has 7 heteroatoms. The van der Waals surface area contributed by atoms with Gasteiger partial charge in [0.25, 0.3) is 0 Å². The van der Waals surface area contributed by atoms with Gasteiger partial charge in [0.2, 0.25) is 10.0 Å². The lowest BCUT2D eigenvalue weighted by atomic mass is 10.1. The second-order valence-electron chi connectivity index (χ2n) is 4.05. The average molecular weight is 321 g/mol. The fraction of sp³-hybridized carbons (Fsp3) is 0.400. The lowest BCUT2D eigenvalue weighted by molar-refractivity contribution is 0.117. The van der Waals surface area contributed by atoms with Gasteiger partial charge >= 0.3 is 0 Å². The van der Waals surface area contributed by atoms with Gasteiger partial charge < -0.3 is 10.8 Å². The SMILES string of the molecule is Nc1cc(Br)ccc1S(=O)(=O)N1CC(CO)C1. The van der Waals surface area contributed by atoms with E-state index in [1.165, 1.54) is 10.4 Å². The Kier molecular flexibility index (Phi) is 3.44. The first-order chi connectivity index (χ1) is 7.95. The highest BCUT2D eigenvalue weighted by Crippen LogP contribution is 2.29. The summed E-state index contributed by atoms with van der Waals surface area (Å²) < 4.78 is 26.4. The van der Waals surface area contributed by atoms with E-state index in [1.54, 1.807) is 12.1 Å². The summed E-state index contributed by atoms with van der Waals surface area (Å²) in [6.45, 7) is 0.727. The molecule has 1 saturated heterocycles. The average Bonchev–Trinajstić information content (AvgIpc) is 2.14. The van der Waals surface area contributed by atoms with Crippen LogP contribution in [0.1, 0.15) is 0 Å². The third kappa shape index (κ3) is 2.33. The van der Waals surface area contributed by atoms with E-state index in [0.717, 1.165) is 4.47 Å². The molecule has 0 aliphatic carbocycles. The fourth-order valence-electron chi connectivity index (χ4n) is 1.73. The van der Waals surface area contributed by atoms with Gasteiger partial charge in [-0.15, -0.1) is 0 Å². The molecule has 1 aromatic rings. The number of sulfonamides is 1. The smallest absolute Gasteiger partial charge is 0.245 e. The maximum Gasteiger partial charge on any atom is 0.245 e. The minimum Gasteiger partial charge on any atom is -0.398 e. The number of hydrogen-bond acceptors (Lipinski definition) is 4. The molecule has 0 atom stereocenters. The van der Waals surface area contributed by atoms with Gasteiger partial charge in [-0.05, 0) is 18.2 Å². The first-order valence-corrected chi connectivity index (χ1v) is 7.34. The van der Waals surface area contributed by atoms with Gasteiger partial charge in [0.05, 0.1) is 5.69 Å². The number of anilines is 1. The highest BCUT2D eigenvalue weighted by molar-refractivity contribution is 9.10. The quantitative estimate of drug-likeness (QED) is 0.801. The molecule has 0 amide bonds. The monoisotopic (exact) mass is 320 g/mol. The number of aliphatic hydroxyl groups is 1. The zero-order valence-electron chi connectivity index (χ0n) is 9.01. The molecular weight excluding hydrogens is 308 g/mol. The lowest BCUT2D eigenvalue weighted by Gasteiger charge is -2.37. The standard InChI is InChI=1S/C10H13BrN2O3S/c11-8-1-2-10(9(12)3-8)17(15,16)13-4-7(5-13)6-14/h1-3,7,14H,4-6,12H2. The maximum absolute atomic E-state index is 12.2. The zero-order valence-corrected chi connectivity index (χ0v) is 11.4. The van der Waals surface area contributed by atoms with Crippen LogP contribution < -0.4 is 5.73 Å². The summed E-state index contributed by atoms with van der Waals surface area (Å²) in [4.78, 5) is 0.122. The number of nitrogens with zero attached hydrogens (tertiary/aromatic N) is 1. The van der Waals surface area contributed by atoms with Crippen molar-refractivity contribution in [3.63, 3.8) is 0 Å². The fourth-order valence-corrected chi connectivity index (χ4v) is 3.80. The number of hydrogen-bond donors (Lipinski definition) is 2. The lowest BCUT2D eigenvalue weighted by Crippen LogP contribution is -2.51. The zero-order chi connectivity index (χ0) is 12.6.